The van der Waals surface area contributed by atoms with Gasteiger partial charge in [-0.1, -0.05) is 234 Å². The van der Waals surface area contributed by atoms with E-state index in [1.807, 2.05) is 0 Å². The second-order valence-corrected chi connectivity index (χ2v) is 17.4. The maximum Gasteiger partial charge on any atom is 0.306 e. The molecule has 0 saturated carbocycles. The van der Waals surface area contributed by atoms with Gasteiger partial charge in [-0.15, -0.1) is 0 Å². The molecule has 0 aromatic carbocycles. The summed E-state index contributed by atoms with van der Waals surface area (Å²) in [6.07, 6.45) is 67.5. The molecule has 1 atom stereocenters. The molecule has 0 aliphatic rings. The summed E-state index contributed by atoms with van der Waals surface area (Å²) in [5.41, 5.74) is 0. The highest BCUT2D eigenvalue weighted by Gasteiger charge is 2.19. The molecule has 0 radical (unpaired) electrons. The van der Waals surface area contributed by atoms with Crippen molar-refractivity contribution in [2.45, 2.75) is 252 Å². The Morgan fingerprint density at radius 1 is 0.328 bits per heavy atom. The van der Waals surface area contributed by atoms with Crippen LogP contribution in [0.15, 0.2) is 85.1 Å². The fourth-order valence-electron chi connectivity index (χ4n) is 7.19. The van der Waals surface area contributed by atoms with Gasteiger partial charge >= 0.3 is 17.9 Å². The Labute approximate surface area is 395 Å². The van der Waals surface area contributed by atoms with Crippen molar-refractivity contribution in [3.05, 3.63) is 85.1 Å². The van der Waals surface area contributed by atoms with Crippen molar-refractivity contribution < 1.29 is 28.6 Å². The lowest BCUT2D eigenvalue weighted by molar-refractivity contribution is -0.167. The van der Waals surface area contributed by atoms with E-state index in [9.17, 15) is 14.4 Å². The van der Waals surface area contributed by atoms with Crippen molar-refractivity contribution in [3.63, 3.8) is 0 Å². The molecule has 6 nitrogen and oxygen atoms in total. The molecule has 0 bridgehead atoms. The molecular formula is C58H98O6. The van der Waals surface area contributed by atoms with Crippen LogP contribution in [0, 0.1) is 0 Å². The van der Waals surface area contributed by atoms with Crippen LogP contribution in [0.25, 0.3) is 0 Å². The van der Waals surface area contributed by atoms with Gasteiger partial charge in [0.05, 0.1) is 0 Å². The molecule has 0 N–H and O–H groups in total. The average Bonchev–Trinajstić information content (AvgIpc) is 3.29. The van der Waals surface area contributed by atoms with Crippen LogP contribution in [0.1, 0.15) is 245 Å². The zero-order chi connectivity index (χ0) is 46.5. The maximum absolute atomic E-state index is 12.6. The van der Waals surface area contributed by atoms with Gasteiger partial charge in [-0.3, -0.25) is 14.4 Å². The molecule has 0 saturated heterocycles. The van der Waals surface area contributed by atoms with Crippen LogP contribution in [0.2, 0.25) is 0 Å². The first-order valence-electron chi connectivity index (χ1n) is 26.6. The predicted octanol–water partition coefficient (Wildman–Crippen LogP) is 17.6. The summed E-state index contributed by atoms with van der Waals surface area (Å²) in [4.78, 5) is 37.6. The summed E-state index contributed by atoms with van der Waals surface area (Å²) >= 11 is 0. The largest absolute Gasteiger partial charge is 0.462 e. The minimum atomic E-state index is -0.771. The molecular weight excluding hydrogens is 793 g/mol. The first-order chi connectivity index (χ1) is 31.5. The van der Waals surface area contributed by atoms with Crippen LogP contribution in [0.5, 0.6) is 0 Å². The topological polar surface area (TPSA) is 78.9 Å². The fourth-order valence-corrected chi connectivity index (χ4v) is 7.19. The molecule has 366 valence electrons. The zero-order valence-corrected chi connectivity index (χ0v) is 41.8. The molecule has 0 aliphatic carbocycles. The smallest absolute Gasteiger partial charge is 0.306 e. The lowest BCUT2D eigenvalue weighted by atomic mass is 10.1. The van der Waals surface area contributed by atoms with Gasteiger partial charge in [0.15, 0.2) is 6.10 Å². The van der Waals surface area contributed by atoms with Crippen LogP contribution in [-0.2, 0) is 28.6 Å². The van der Waals surface area contributed by atoms with Gasteiger partial charge in [0.2, 0.25) is 0 Å². The van der Waals surface area contributed by atoms with E-state index < -0.39 is 6.10 Å². The third kappa shape index (κ3) is 49.6. The summed E-state index contributed by atoms with van der Waals surface area (Å²) in [5, 5.41) is 0. The molecule has 0 rings (SSSR count). The Kier molecular flexibility index (Phi) is 49.4. The van der Waals surface area contributed by atoms with Crippen LogP contribution >= 0.6 is 0 Å². The molecule has 0 aliphatic heterocycles. The van der Waals surface area contributed by atoms with E-state index in [0.717, 1.165) is 109 Å². The van der Waals surface area contributed by atoms with Gasteiger partial charge < -0.3 is 14.2 Å². The van der Waals surface area contributed by atoms with Crippen molar-refractivity contribution in [1.82, 2.24) is 0 Å². The molecule has 6 heteroatoms. The van der Waals surface area contributed by atoms with E-state index in [4.69, 9.17) is 14.2 Å². The van der Waals surface area contributed by atoms with Gasteiger partial charge in [-0.05, 0) is 77.0 Å². The number of ether oxygens (including phenoxy) is 3. The van der Waals surface area contributed by atoms with Crippen molar-refractivity contribution >= 4 is 17.9 Å². The Balaban J connectivity index is 4.03. The van der Waals surface area contributed by atoms with E-state index >= 15 is 0 Å². The van der Waals surface area contributed by atoms with Crippen LogP contribution in [0.3, 0.4) is 0 Å². The average molecular weight is 891 g/mol. The number of allylic oxidation sites excluding steroid dienone is 14. The van der Waals surface area contributed by atoms with Gasteiger partial charge in [0, 0.05) is 19.3 Å². The van der Waals surface area contributed by atoms with Crippen LogP contribution in [-0.4, -0.2) is 37.2 Å². The maximum atomic E-state index is 12.6. The number of carbonyl (C=O) groups is 3. The van der Waals surface area contributed by atoms with E-state index in [2.05, 4.69) is 106 Å². The lowest BCUT2D eigenvalue weighted by Gasteiger charge is -2.18. The van der Waals surface area contributed by atoms with E-state index in [0.29, 0.717) is 19.3 Å². The zero-order valence-electron chi connectivity index (χ0n) is 41.8. The van der Waals surface area contributed by atoms with Crippen molar-refractivity contribution in [2.75, 3.05) is 13.2 Å². The number of rotatable bonds is 47. The minimum Gasteiger partial charge on any atom is -0.462 e. The Morgan fingerprint density at radius 2 is 0.609 bits per heavy atom. The molecule has 0 spiro atoms. The third-order valence-electron chi connectivity index (χ3n) is 11.2. The standard InChI is InChI=1S/C58H98O6/c1-4-7-10-13-16-18-19-20-21-22-23-24-25-26-27-28-29-30-31-32-33-34-35-36-37-38-39-40-43-45-48-51-57(60)63-54-55(53-62-56(59)50-47-44-41-15-12-9-6-3)64-58(61)52-49-46-42-17-14-11-8-5-2/h7,10,16,18,20-21,23-24,26-27,29-30,32-33,55H,4-6,8-9,11-15,17,19,22,25,28,31,34-54H2,1-3H3/b10-7-,18-16-,21-20-,24-23-,27-26-,30-29-,33-32-. The van der Waals surface area contributed by atoms with Crippen molar-refractivity contribution in [3.8, 4) is 0 Å². The highest BCUT2D eigenvalue weighted by Crippen LogP contribution is 2.14. The molecule has 0 aromatic rings. The minimum absolute atomic E-state index is 0.0758. The van der Waals surface area contributed by atoms with Crippen molar-refractivity contribution in [1.29, 1.82) is 0 Å². The second kappa shape index (κ2) is 52.2. The number of esters is 3. The van der Waals surface area contributed by atoms with Crippen LogP contribution in [0.4, 0.5) is 0 Å². The summed E-state index contributed by atoms with van der Waals surface area (Å²) < 4.78 is 16.7. The molecule has 1 unspecified atom stereocenters. The summed E-state index contributed by atoms with van der Waals surface area (Å²) in [6.45, 7) is 6.44. The third-order valence-corrected chi connectivity index (χ3v) is 11.2. The van der Waals surface area contributed by atoms with Gasteiger partial charge in [0.1, 0.15) is 13.2 Å². The quantitative estimate of drug-likeness (QED) is 0.0262. The fraction of sp³-hybridized carbons (Fsp3) is 0.707. The first kappa shape index (κ1) is 60.6. The van der Waals surface area contributed by atoms with E-state index in [1.165, 1.54) is 96.3 Å². The SMILES string of the molecule is CC/C=C\C/C=C\C/C=C\C/C=C\C/C=C\C/C=C\C/C=C\CCCCCCCCCCCC(=O)OCC(COC(=O)CCCCCCCCC)OC(=O)CCCCCCCCCC. The number of hydrogen-bond acceptors (Lipinski definition) is 6. The second-order valence-electron chi connectivity index (χ2n) is 17.4. The van der Waals surface area contributed by atoms with Crippen molar-refractivity contribution in [2.24, 2.45) is 0 Å². The number of unbranched alkanes of at least 4 members (excludes halogenated alkanes) is 22. The normalized spacial score (nSPS) is 12.7. The molecule has 0 amide bonds. The Morgan fingerprint density at radius 3 is 0.953 bits per heavy atom. The highest BCUT2D eigenvalue weighted by molar-refractivity contribution is 5.71. The van der Waals surface area contributed by atoms with Gasteiger partial charge in [0.25, 0.3) is 0 Å². The molecule has 64 heavy (non-hydrogen) atoms. The number of carbonyl (C=O) groups excluding carboxylic acids is 3. The molecule has 0 fully saturated rings. The molecule has 0 heterocycles. The summed E-state index contributed by atoms with van der Waals surface area (Å²) in [6, 6.07) is 0. The summed E-state index contributed by atoms with van der Waals surface area (Å²) in [5.74, 6) is -0.894. The van der Waals surface area contributed by atoms with E-state index in [1.54, 1.807) is 0 Å². The predicted molar refractivity (Wildman–Crippen MR) is 274 cm³/mol. The monoisotopic (exact) mass is 891 g/mol. The van der Waals surface area contributed by atoms with Gasteiger partial charge in [-0.2, -0.15) is 0 Å². The Bertz CT molecular complexity index is 1250. The molecule has 0 aromatic heterocycles. The Hall–Kier alpha value is -3.41. The summed E-state index contributed by atoms with van der Waals surface area (Å²) in [7, 11) is 0. The lowest BCUT2D eigenvalue weighted by Crippen LogP contribution is -2.30. The first-order valence-corrected chi connectivity index (χ1v) is 26.6. The highest BCUT2D eigenvalue weighted by atomic mass is 16.6. The van der Waals surface area contributed by atoms with Crippen LogP contribution < -0.4 is 0 Å². The van der Waals surface area contributed by atoms with Gasteiger partial charge in [-0.25, -0.2) is 0 Å². The number of hydrogen-bond donors (Lipinski definition) is 0. The van der Waals surface area contributed by atoms with E-state index in [-0.39, 0.29) is 31.1 Å².